The molecule has 0 radical (unpaired) electrons. The third-order valence-corrected chi connectivity index (χ3v) is 2.70. The molecule has 0 aromatic heterocycles. The minimum absolute atomic E-state index is 0. The molecule has 0 saturated carbocycles. The van der Waals surface area contributed by atoms with Crippen molar-refractivity contribution < 1.29 is 9.84 Å². The van der Waals surface area contributed by atoms with Gasteiger partial charge in [-0.2, -0.15) is 0 Å². The van der Waals surface area contributed by atoms with Crippen molar-refractivity contribution in [2.24, 2.45) is 5.41 Å². The number of aliphatic hydroxyl groups excluding tert-OH is 1. The molecular formula is C14H22Cl2O2. The maximum Gasteiger partial charge on any atom is 0.138 e. The highest BCUT2D eigenvalue weighted by Gasteiger charge is 2.17. The Morgan fingerprint density at radius 2 is 1.89 bits per heavy atom. The Bertz CT molecular complexity index is 373. The molecule has 0 heterocycles. The van der Waals surface area contributed by atoms with Crippen LogP contribution in [0.25, 0.3) is 0 Å². The van der Waals surface area contributed by atoms with Crippen LogP contribution >= 0.6 is 23.2 Å². The second-order valence-corrected chi connectivity index (χ2v) is 6.15. The molecule has 4 heteroatoms. The van der Waals surface area contributed by atoms with Gasteiger partial charge in [0.1, 0.15) is 12.4 Å². The normalized spacial score (nSPS) is 12.8. The fourth-order valence-electron chi connectivity index (χ4n) is 1.54. The lowest BCUT2D eigenvalue weighted by molar-refractivity contribution is 0.0711. The summed E-state index contributed by atoms with van der Waals surface area (Å²) >= 11 is 11.7. The third kappa shape index (κ3) is 6.48. The lowest BCUT2D eigenvalue weighted by Crippen LogP contribution is -2.23. The van der Waals surface area contributed by atoms with Gasteiger partial charge in [-0.05, 0) is 30.0 Å². The van der Waals surface area contributed by atoms with Gasteiger partial charge in [0, 0.05) is 5.02 Å². The zero-order valence-electron chi connectivity index (χ0n) is 10.3. The van der Waals surface area contributed by atoms with E-state index in [0.717, 1.165) is 0 Å². The molecule has 1 atom stereocenters. The van der Waals surface area contributed by atoms with Crippen LogP contribution in [0, 0.1) is 5.41 Å². The van der Waals surface area contributed by atoms with Crippen LogP contribution in [0.1, 0.15) is 34.6 Å². The second kappa shape index (κ2) is 7.22. The average Bonchev–Trinajstić information content (AvgIpc) is 2.13. The molecule has 0 bridgehead atoms. The standard InChI is InChI=1S/C13H18Cl2O2.CH4/c1-13(2,3)7-10(16)8-17-12-5-4-9(14)6-11(12)15;/h4-6,10,16H,7-8H2,1-3H3;1H4. The quantitative estimate of drug-likeness (QED) is 0.863. The van der Waals surface area contributed by atoms with Gasteiger partial charge in [-0.1, -0.05) is 51.4 Å². The lowest BCUT2D eigenvalue weighted by Gasteiger charge is -2.22. The Morgan fingerprint density at radius 1 is 1.28 bits per heavy atom. The van der Waals surface area contributed by atoms with Gasteiger partial charge < -0.3 is 9.84 Å². The summed E-state index contributed by atoms with van der Waals surface area (Å²) in [6, 6.07) is 5.03. The monoisotopic (exact) mass is 292 g/mol. The van der Waals surface area contributed by atoms with Crippen LogP contribution in [-0.4, -0.2) is 17.8 Å². The highest BCUT2D eigenvalue weighted by atomic mass is 35.5. The van der Waals surface area contributed by atoms with Gasteiger partial charge in [0.05, 0.1) is 11.1 Å². The van der Waals surface area contributed by atoms with Crippen LogP contribution in [-0.2, 0) is 0 Å². The van der Waals surface area contributed by atoms with Crippen molar-refractivity contribution in [3.8, 4) is 5.75 Å². The second-order valence-electron chi connectivity index (χ2n) is 5.30. The molecule has 0 fully saturated rings. The first-order chi connectivity index (χ1) is 7.78. The topological polar surface area (TPSA) is 29.5 Å². The summed E-state index contributed by atoms with van der Waals surface area (Å²) in [4.78, 5) is 0. The van der Waals surface area contributed by atoms with Gasteiger partial charge in [-0.25, -0.2) is 0 Å². The van der Waals surface area contributed by atoms with Crippen LogP contribution < -0.4 is 4.74 Å². The highest BCUT2D eigenvalue weighted by Crippen LogP contribution is 2.28. The van der Waals surface area contributed by atoms with E-state index in [1.165, 1.54) is 0 Å². The van der Waals surface area contributed by atoms with Crippen LogP contribution in [0.2, 0.25) is 10.0 Å². The van der Waals surface area contributed by atoms with Gasteiger partial charge in [0.25, 0.3) is 0 Å². The van der Waals surface area contributed by atoms with E-state index >= 15 is 0 Å². The number of hydrogen-bond donors (Lipinski definition) is 1. The van der Waals surface area contributed by atoms with Crippen molar-refractivity contribution in [3.05, 3.63) is 28.2 Å². The van der Waals surface area contributed by atoms with Crippen molar-refractivity contribution in [1.29, 1.82) is 0 Å². The zero-order valence-corrected chi connectivity index (χ0v) is 11.8. The van der Waals surface area contributed by atoms with E-state index in [2.05, 4.69) is 20.8 Å². The van der Waals surface area contributed by atoms with E-state index in [1.54, 1.807) is 18.2 Å². The largest absolute Gasteiger partial charge is 0.489 e. The Labute approximate surface area is 120 Å². The van der Waals surface area contributed by atoms with E-state index in [-0.39, 0.29) is 19.4 Å². The molecule has 1 rings (SSSR count). The average molecular weight is 293 g/mol. The molecule has 1 aromatic rings. The van der Waals surface area contributed by atoms with Gasteiger partial charge in [0.2, 0.25) is 0 Å². The Balaban J connectivity index is 0.00000289. The van der Waals surface area contributed by atoms with E-state index in [4.69, 9.17) is 27.9 Å². The maximum absolute atomic E-state index is 9.80. The molecule has 0 amide bonds. The number of aliphatic hydroxyl groups is 1. The number of halogens is 2. The van der Waals surface area contributed by atoms with E-state index in [1.807, 2.05) is 0 Å². The van der Waals surface area contributed by atoms with Crippen molar-refractivity contribution in [3.63, 3.8) is 0 Å². The first kappa shape index (κ1) is 17.6. The summed E-state index contributed by atoms with van der Waals surface area (Å²) in [7, 11) is 0. The molecule has 0 spiro atoms. The van der Waals surface area contributed by atoms with Crippen molar-refractivity contribution in [2.45, 2.75) is 40.7 Å². The van der Waals surface area contributed by atoms with Gasteiger partial charge in [0.15, 0.2) is 0 Å². The summed E-state index contributed by atoms with van der Waals surface area (Å²) in [5, 5.41) is 10.8. The molecule has 1 unspecified atom stereocenters. The molecular weight excluding hydrogens is 271 g/mol. The summed E-state index contributed by atoms with van der Waals surface area (Å²) in [6.07, 6.45) is 0.180. The molecule has 104 valence electrons. The first-order valence-electron chi connectivity index (χ1n) is 5.54. The summed E-state index contributed by atoms with van der Waals surface area (Å²) in [6.45, 7) is 6.46. The number of benzene rings is 1. The zero-order chi connectivity index (χ0) is 13.1. The summed E-state index contributed by atoms with van der Waals surface area (Å²) in [5.74, 6) is 0.545. The molecule has 2 nitrogen and oxygen atoms in total. The maximum atomic E-state index is 9.80. The van der Waals surface area contributed by atoms with Crippen LogP contribution in [0.3, 0.4) is 0 Å². The van der Waals surface area contributed by atoms with Crippen LogP contribution in [0.4, 0.5) is 0 Å². The Morgan fingerprint density at radius 3 is 2.39 bits per heavy atom. The minimum Gasteiger partial charge on any atom is -0.489 e. The van der Waals surface area contributed by atoms with Crippen LogP contribution in [0.5, 0.6) is 5.75 Å². The van der Waals surface area contributed by atoms with E-state index in [0.29, 0.717) is 22.2 Å². The van der Waals surface area contributed by atoms with Crippen molar-refractivity contribution in [1.82, 2.24) is 0 Å². The van der Waals surface area contributed by atoms with Crippen molar-refractivity contribution in [2.75, 3.05) is 6.61 Å². The molecule has 0 aliphatic rings. The SMILES string of the molecule is C.CC(C)(C)CC(O)COc1ccc(Cl)cc1Cl. The number of rotatable bonds is 4. The molecule has 1 aromatic carbocycles. The molecule has 0 aliphatic carbocycles. The third-order valence-electron chi connectivity index (χ3n) is 2.17. The fraction of sp³-hybridized carbons (Fsp3) is 0.571. The van der Waals surface area contributed by atoms with Gasteiger partial charge in [-0.15, -0.1) is 0 Å². The lowest BCUT2D eigenvalue weighted by atomic mass is 9.89. The molecule has 18 heavy (non-hydrogen) atoms. The fourth-order valence-corrected chi connectivity index (χ4v) is 2.01. The Kier molecular flexibility index (Phi) is 7.05. The molecule has 0 aliphatic heterocycles. The molecule has 0 saturated heterocycles. The predicted molar refractivity (Wildman–Crippen MR) is 78.8 cm³/mol. The summed E-state index contributed by atoms with van der Waals surface area (Å²) in [5.41, 5.74) is 0.0760. The van der Waals surface area contributed by atoms with Crippen LogP contribution in [0.15, 0.2) is 18.2 Å². The smallest absolute Gasteiger partial charge is 0.138 e. The van der Waals surface area contributed by atoms with Gasteiger partial charge in [-0.3, -0.25) is 0 Å². The Hall–Kier alpha value is -0.440. The van der Waals surface area contributed by atoms with Gasteiger partial charge >= 0.3 is 0 Å². The molecule has 1 N–H and O–H groups in total. The summed E-state index contributed by atoms with van der Waals surface area (Å²) < 4.78 is 5.46. The van der Waals surface area contributed by atoms with E-state index in [9.17, 15) is 5.11 Å². The number of ether oxygens (including phenoxy) is 1. The predicted octanol–water partition coefficient (Wildman–Crippen LogP) is 4.81. The first-order valence-corrected chi connectivity index (χ1v) is 6.29. The highest BCUT2D eigenvalue weighted by molar-refractivity contribution is 6.35. The number of hydrogen-bond acceptors (Lipinski definition) is 2. The van der Waals surface area contributed by atoms with Crippen molar-refractivity contribution >= 4 is 23.2 Å². The van der Waals surface area contributed by atoms with E-state index < -0.39 is 6.10 Å². The minimum atomic E-state index is -0.498.